The Morgan fingerprint density at radius 3 is 2.68 bits per heavy atom. The van der Waals surface area contributed by atoms with E-state index in [-0.39, 0.29) is 12.5 Å². The van der Waals surface area contributed by atoms with E-state index in [9.17, 15) is 5.11 Å². The van der Waals surface area contributed by atoms with E-state index in [1.807, 2.05) is 24.3 Å². The summed E-state index contributed by atoms with van der Waals surface area (Å²) < 4.78 is 15.9. The molecule has 1 aliphatic heterocycles. The van der Waals surface area contributed by atoms with E-state index in [4.69, 9.17) is 14.2 Å². The molecule has 1 N–H and O–H groups in total. The van der Waals surface area contributed by atoms with E-state index < -0.39 is 0 Å². The van der Waals surface area contributed by atoms with E-state index in [0.717, 1.165) is 27.9 Å². The number of benzene rings is 2. The second-order valence-electron chi connectivity index (χ2n) is 4.98. The fraction of sp³-hybridized carbons (Fsp3) is 0.118. The smallest absolute Gasteiger partial charge is 0.231 e. The average molecular weight is 295 g/mol. The molecular weight excluding hydrogens is 282 g/mol. The van der Waals surface area contributed by atoms with Gasteiger partial charge in [0.25, 0.3) is 0 Å². The number of ether oxygens (including phenoxy) is 3. The minimum atomic E-state index is 0.107. The highest BCUT2D eigenvalue weighted by atomic mass is 16.7. The lowest BCUT2D eigenvalue weighted by Gasteiger charge is -2.07. The van der Waals surface area contributed by atoms with Gasteiger partial charge >= 0.3 is 0 Å². The predicted molar refractivity (Wildman–Crippen MR) is 81.5 cm³/mol. The van der Waals surface area contributed by atoms with Gasteiger partial charge in [0.15, 0.2) is 23.0 Å². The monoisotopic (exact) mass is 295 g/mol. The fourth-order valence-electron chi connectivity index (χ4n) is 2.51. The molecule has 22 heavy (non-hydrogen) atoms. The summed E-state index contributed by atoms with van der Waals surface area (Å²) in [5.41, 5.74) is 2.49. The third kappa shape index (κ3) is 1.98. The summed E-state index contributed by atoms with van der Waals surface area (Å²) in [6, 6.07) is 12.9. The summed E-state index contributed by atoms with van der Waals surface area (Å²) >= 11 is 0. The minimum Gasteiger partial charge on any atom is -0.504 e. The molecule has 0 radical (unpaired) electrons. The maximum atomic E-state index is 9.68. The molecule has 0 amide bonds. The van der Waals surface area contributed by atoms with Crippen molar-refractivity contribution in [1.82, 2.24) is 4.98 Å². The Labute approximate surface area is 126 Å². The molecule has 0 saturated carbocycles. The first-order valence-corrected chi connectivity index (χ1v) is 6.82. The van der Waals surface area contributed by atoms with Crippen LogP contribution in [0.3, 0.4) is 0 Å². The number of nitrogens with zero attached hydrogens (tertiary/aromatic N) is 1. The summed E-state index contributed by atoms with van der Waals surface area (Å²) in [4.78, 5) is 4.66. The standard InChI is InChI=1S/C17H13NO4/c1-20-15-6-10(3-5-14(15)19)12-4-2-11-7-16-17(22-9-21-16)8-13(11)18-12/h2-8,19H,9H2,1H3. The maximum absolute atomic E-state index is 9.68. The molecule has 3 aromatic rings. The zero-order chi connectivity index (χ0) is 15.1. The molecule has 5 heteroatoms. The quantitative estimate of drug-likeness (QED) is 0.785. The number of phenolic OH excluding ortho intramolecular Hbond substituents is 1. The molecule has 0 spiro atoms. The van der Waals surface area contributed by atoms with Crippen molar-refractivity contribution in [3.63, 3.8) is 0 Å². The van der Waals surface area contributed by atoms with Gasteiger partial charge in [0.2, 0.25) is 6.79 Å². The molecule has 0 atom stereocenters. The summed E-state index contributed by atoms with van der Waals surface area (Å²) in [7, 11) is 1.52. The van der Waals surface area contributed by atoms with Gasteiger partial charge in [-0.1, -0.05) is 6.07 Å². The number of phenols is 1. The number of aromatic hydroxyl groups is 1. The van der Waals surface area contributed by atoms with Crippen molar-refractivity contribution in [2.75, 3.05) is 13.9 Å². The fourth-order valence-corrected chi connectivity index (χ4v) is 2.51. The van der Waals surface area contributed by atoms with Crippen LogP contribution in [0, 0.1) is 0 Å². The molecule has 0 saturated heterocycles. The summed E-state index contributed by atoms with van der Waals surface area (Å²) in [6.07, 6.45) is 0. The van der Waals surface area contributed by atoms with Gasteiger partial charge in [0.1, 0.15) is 0 Å². The van der Waals surface area contributed by atoms with Crippen LogP contribution in [0.1, 0.15) is 0 Å². The van der Waals surface area contributed by atoms with Gasteiger partial charge in [-0.3, -0.25) is 0 Å². The maximum Gasteiger partial charge on any atom is 0.231 e. The number of hydrogen-bond donors (Lipinski definition) is 1. The lowest BCUT2D eigenvalue weighted by Crippen LogP contribution is -1.92. The molecule has 1 aliphatic rings. The van der Waals surface area contributed by atoms with Crippen LogP contribution in [0.25, 0.3) is 22.2 Å². The van der Waals surface area contributed by atoms with Gasteiger partial charge in [-0.25, -0.2) is 4.98 Å². The van der Waals surface area contributed by atoms with Crippen molar-refractivity contribution in [3.8, 4) is 34.3 Å². The van der Waals surface area contributed by atoms with E-state index in [2.05, 4.69) is 4.98 Å². The topological polar surface area (TPSA) is 60.8 Å². The molecule has 2 heterocycles. The summed E-state index contributed by atoms with van der Waals surface area (Å²) in [5, 5.41) is 10.7. The second-order valence-corrected chi connectivity index (χ2v) is 4.98. The van der Waals surface area contributed by atoms with Crippen molar-refractivity contribution < 1.29 is 19.3 Å². The number of methoxy groups -OCH3 is 1. The molecule has 1 aromatic heterocycles. The zero-order valence-electron chi connectivity index (χ0n) is 11.9. The van der Waals surface area contributed by atoms with E-state index in [0.29, 0.717) is 11.5 Å². The van der Waals surface area contributed by atoms with Crippen LogP contribution in [0.2, 0.25) is 0 Å². The molecule has 5 nitrogen and oxygen atoms in total. The van der Waals surface area contributed by atoms with Gasteiger partial charge in [-0.2, -0.15) is 0 Å². The Kier molecular flexibility index (Phi) is 2.79. The summed E-state index contributed by atoms with van der Waals surface area (Å²) in [6.45, 7) is 0.244. The molecule has 0 unspecified atom stereocenters. The van der Waals surface area contributed by atoms with Crippen molar-refractivity contribution in [3.05, 3.63) is 42.5 Å². The van der Waals surface area contributed by atoms with E-state index in [1.165, 1.54) is 7.11 Å². The Bertz CT molecular complexity index is 876. The molecule has 4 rings (SSSR count). The molecule has 0 bridgehead atoms. The Morgan fingerprint density at radius 1 is 1.05 bits per heavy atom. The molecule has 0 fully saturated rings. The first-order chi connectivity index (χ1) is 10.7. The highest BCUT2D eigenvalue weighted by Crippen LogP contribution is 2.37. The van der Waals surface area contributed by atoms with E-state index >= 15 is 0 Å². The van der Waals surface area contributed by atoms with Crippen molar-refractivity contribution in [1.29, 1.82) is 0 Å². The van der Waals surface area contributed by atoms with Gasteiger partial charge < -0.3 is 19.3 Å². The van der Waals surface area contributed by atoms with Crippen molar-refractivity contribution in [2.45, 2.75) is 0 Å². The second kappa shape index (κ2) is 4.80. The molecular formula is C17H13NO4. The number of fused-ring (bicyclic) bond motifs is 2. The largest absolute Gasteiger partial charge is 0.504 e. The first kappa shape index (κ1) is 12.8. The van der Waals surface area contributed by atoms with Gasteiger partial charge in [-0.15, -0.1) is 0 Å². The SMILES string of the molecule is COc1cc(-c2ccc3cc4c(cc3n2)OCO4)ccc1O. The van der Waals surface area contributed by atoms with Crippen molar-refractivity contribution in [2.24, 2.45) is 0 Å². The number of pyridine rings is 1. The third-order valence-electron chi connectivity index (χ3n) is 3.66. The van der Waals surface area contributed by atoms with Crippen LogP contribution in [-0.2, 0) is 0 Å². The van der Waals surface area contributed by atoms with Crippen LogP contribution in [0.15, 0.2) is 42.5 Å². The number of aromatic nitrogens is 1. The number of hydrogen-bond acceptors (Lipinski definition) is 5. The van der Waals surface area contributed by atoms with Crippen LogP contribution in [0.5, 0.6) is 23.0 Å². The number of rotatable bonds is 2. The molecule has 110 valence electrons. The molecule has 2 aromatic carbocycles. The van der Waals surface area contributed by atoms with Crippen molar-refractivity contribution >= 4 is 10.9 Å². The highest BCUT2D eigenvalue weighted by Gasteiger charge is 2.15. The van der Waals surface area contributed by atoms with Gasteiger partial charge in [-0.05, 0) is 30.3 Å². The Balaban J connectivity index is 1.84. The van der Waals surface area contributed by atoms with Crippen LogP contribution < -0.4 is 14.2 Å². The molecule has 0 aliphatic carbocycles. The van der Waals surface area contributed by atoms with Crippen LogP contribution in [0.4, 0.5) is 0 Å². The first-order valence-electron chi connectivity index (χ1n) is 6.82. The third-order valence-corrected chi connectivity index (χ3v) is 3.66. The highest BCUT2D eigenvalue weighted by molar-refractivity contribution is 5.85. The lowest BCUT2D eigenvalue weighted by molar-refractivity contribution is 0.174. The lowest BCUT2D eigenvalue weighted by atomic mass is 10.1. The predicted octanol–water partition coefficient (Wildman–Crippen LogP) is 3.34. The van der Waals surface area contributed by atoms with Gasteiger partial charge in [0.05, 0.1) is 18.3 Å². The average Bonchev–Trinajstić information content (AvgIpc) is 2.99. The normalized spacial score (nSPS) is 12.6. The van der Waals surface area contributed by atoms with Gasteiger partial charge in [0, 0.05) is 17.0 Å². The van der Waals surface area contributed by atoms with E-state index in [1.54, 1.807) is 18.2 Å². The zero-order valence-corrected chi connectivity index (χ0v) is 11.9. The van der Waals surface area contributed by atoms with Crippen LogP contribution in [-0.4, -0.2) is 24.0 Å². The summed E-state index contributed by atoms with van der Waals surface area (Å²) in [5.74, 6) is 1.98. The Hall–Kier alpha value is -2.95. The van der Waals surface area contributed by atoms with Crippen LogP contribution >= 0.6 is 0 Å². The minimum absolute atomic E-state index is 0.107. The Morgan fingerprint density at radius 2 is 1.86 bits per heavy atom.